The Morgan fingerprint density at radius 2 is 2.00 bits per heavy atom. The molecule has 21 heavy (non-hydrogen) atoms. The first kappa shape index (κ1) is 16.2. The standard InChI is InChI=1S/C14H20N4OS2/c1-18(2)13-16-17-14(21-13)20-12-6-4-11(5-7-12)10-15-8-9-19-3/h4-7,15H,8-10H2,1-3H3. The molecule has 0 bridgehead atoms. The molecule has 0 saturated heterocycles. The number of nitrogens with zero attached hydrogens (tertiary/aromatic N) is 3. The molecule has 1 aromatic carbocycles. The zero-order valence-electron chi connectivity index (χ0n) is 12.5. The summed E-state index contributed by atoms with van der Waals surface area (Å²) in [6.07, 6.45) is 0. The van der Waals surface area contributed by atoms with Gasteiger partial charge in [0.2, 0.25) is 5.13 Å². The van der Waals surface area contributed by atoms with Crippen LogP contribution in [-0.2, 0) is 11.3 Å². The summed E-state index contributed by atoms with van der Waals surface area (Å²) in [5.41, 5.74) is 1.27. The molecule has 0 spiro atoms. The van der Waals surface area contributed by atoms with Gasteiger partial charge in [-0.05, 0) is 17.7 Å². The Morgan fingerprint density at radius 1 is 1.24 bits per heavy atom. The van der Waals surface area contributed by atoms with Crippen molar-refractivity contribution in [1.29, 1.82) is 0 Å². The van der Waals surface area contributed by atoms with Crippen LogP contribution in [0.2, 0.25) is 0 Å². The molecule has 7 heteroatoms. The number of aromatic nitrogens is 2. The molecule has 1 aromatic heterocycles. The summed E-state index contributed by atoms with van der Waals surface area (Å²) in [4.78, 5) is 3.15. The third-order valence-electron chi connectivity index (χ3n) is 2.72. The zero-order chi connectivity index (χ0) is 15.1. The van der Waals surface area contributed by atoms with E-state index >= 15 is 0 Å². The fraction of sp³-hybridized carbons (Fsp3) is 0.429. The minimum Gasteiger partial charge on any atom is -0.383 e. The molecule has 2 rings (SSSR count). The lowest BCUT2D eigenvalue weighted by atomic mass is 10.2. The number of hydrogen-bond donors (Lipinski definition) is 1. The second-order valence-electron chi connectivity index (χ2n) is 4.66. The quantitative estimate of drug-likeness (QED) is 0.753. The van der Waals surface area contributed by atoms with Gasteiger partial charge in [-0.1, -0.05) is 35.2 Å². The molecule has 2 aromatic rings. The van der Waals surface area contributed by atoms with Crippen molar-refractivity contribution in [2.24, 2.45) is 0 Å². The Balaban J connectivity index is 1.86. The molecule has 5 nitrogen and oxygen atoms in total. The van der Waals surface area contributed by atoms with Crippen LogP contribution in [0.3, 0.4) is 0 Å². The van der Waals surface area contributed by atoms with Crippen molar-refractivity contribution in [3.8, 4) is 0 Å². The first-order chi connectivity index (χ1) is 10.2. The smallest absolute Gasteiger partial charge is 0.208 e. The second kappa shape index (κ2) is 8.33. The number of rotatable bonds is 8. The second-order valence-corrected chi connectivity index (χ2v) is 6.94. The third-order valence-corrected chi connectivity index (χ3v) is 4.87. The number of ether oxygens (including phenoxy) is 1. The van der Waals surface area contributed by atoms with E-state index in [4.69, 9.17) is 4.74 Å². The molecule has 1 heterocycles. The Morgan fingerprint density at radius 3 is 2.62 bits per heavy atom. The molecule has 1 N–H and O–H groups in total. The van der Waals surface area contributed by atoms with E-state index in [1.54, 1.807) is 30.2 Å². The topological polar surface area (TPSA) is 50.3 Å². The number of anilines is 1. The molecular weight excluding hydrogens is 304 g/mol. The first-order valence-electron chi connectivity index (χ1n) is 6.66. The summed E-state index contributed by atoms with van der Waals surface area (Å²) in [5.74, 6) is 0. The fourth-order valence-corrected chi connectivity index (χ4v) is 3.34. The average Bonchev–Trinajstić information content (AvgIpc) is 2.94. The highest BCUT2D eigenvalue weighted by atomic mass is 32.2. The minimum absolute atomic E-state index is 0.735. The van der Waals surface area contributed by atoms with Gasteiger partial charge in [0.1, 0.15) is 0 Å². The van der Waals surface area contributed by atoms with Crippen LogP contribution in [0.4, 0.5) is 5.13 Å². The fourth-order valence-electron chi connectivity index (χ4n) is 1.61. The van der Waals surface area contributed by atoms with Gasteiger partial charge in [0, 0.05) is 39.2 Å². The third kappa shape index (κ3) is 5.28. The summed E-state index contributed by atoms with van der Waals surface area (Å²) in [5, 5.41) is 12.6. The molecule has 0 aliphatic carbocycles. The van der Waals surface area contributed by atoms with Gasteiger partial charge in [-0.3, -0.25) is 0 Å². The minimum atomic E-state index is 0.735. The summed E-state index contributed by atoms with van der Waals surface area (Å²) < 4.78 is 5.97. The zero-order valence-corrected chi connectivity index (χ0v) is 14.1. The lowest BCUT2D eigenvalue weighted by Gasteiger charge is -2.05. The van der Waals surface area contributed by atoms with Crippen molar-refractivity contribution < 1.29 is 4.74 Å². The molecular formula is C14H20N4OS2. The van der Waals surface area contributed by atoms with Gasteiger partial charge in [-0.2, -0.15) is 0 Å². The molecule has 0 atom stereocenters. The van der Waals surface area contributed by atoms with Crippen LogP contribution >= 0.6 is 23.1 Å². The number of benzene rings is 1. The highest BCUT2D eigenvalue weighted by molar-refractivity contribution is 8.01. The van der Waals surface area contributed by atoms with Crippen molar-refractivity contribution in [2.45, 2.75) is 15.8 Å². The van der Waals surface area contributed by atoms with E-state index < -0.39 is 0 Å². The number of methoxy groups -OCH3 is 1. The van der Waals surface area contributed by atoms with Crippen LogP contribution in [0.15, 0.2) is 33.5 Å². The van der Waals surface area contributed by atoms with Crippen molar-refractivity contribution in [2.75, 3.05) is 39.3 Å². The predicted octanol–water partition coefficient (Wildman–Crippen LogP) is 2.49. The highest BCUT2D eigenvalue weighted by Gasteiger charge is 2.07. The van der Waals surface area contributed by atoms with E-state index in [1.165, 1.54) is 10.5 Å². The molecule has 0 amide bonds. The molecule has 0 radical (unpaired) electrons. The maximum Gasteiger partial charge on any atom is 0.208 e. The van der Waals surface area contributed by atoms with E-state index in [9.17, 15) is 0 Å². The van der Waals surface area contributed by atoms with E-state index in [-0.39, 0.29) is 0 Å². The molecule has 0 aliphatic rings. The Labute approximate surface area is 133 Å². The van der Waals surface area contributed by atoms with Crippen molar-refractivity contribution in [3.05, 3.63) is 29.8 Å². The number of hydrogen-bond acceptors (Lipinski definition) is 7. The van der Waals surface area contributed by atoms with Gasteiger partial charge in [0.05, 0.1) is 6.61 Å². The Kier molecular flexibility index (Phi) is 6.44. The first-order valence-corrected chi connectivity index (χ1v) is 8.29. The summed E-state index contributed by atoms with van der Waals surface area (Å²) >= 11 is 3.24. The van der Waals surface area contributed by atoms with Gasteiger partial charge in [0.15, 0.2) is 4.34 Å². The highest BCUT2D eigenvalue weighted by Crippen LogP contribution is 2.32. The summed E-state index contributed by atoms with van der Waals surface area (Å²) in [7, 11) is 5.66. The van der Waals surface area contributed by atoms with Crippen LogP contribution in [0.1, 0.15) is 5.56 Å². The van der Waals surface area contributed by atoms with Gasteiger partial charge >= 0.3 is 0 Å². The summed E-state index contributed by atoms with van der Waals surface area (Å²) in [6.45, 7) is 2.46. The van der Waals surface area contributed by atoms with E-state index in [2.05, 4.69) is 39.8 Å². The van der Waals surface area contributed by atoms with Gasteiger partial charge < -0.3 is 15.0 Å². The largest absolute Gasteiger partial charge is 0.383 e. The van der Waals surface area contributed by atoms with E-state index in [0.29, 0.717) is 0 Å². The molecule has 114 valence electrons. The SMILES string of the molecule is COCCNCc1ccc(Sc2nnc(N(C)C)s2)cc1. The van der Waals surface area contributed by atoms with Crippen molar-refractivity contribution in [3.63, 3.8) is 0 Å². The van der Waals surface area contributed by atoms with Crippen LogP contribution in [0.5, 0.6) is 0 Å². The van der Waals surface area contributed by atoms with E-state index in [0.717, 1.165) is 29.2 Å². The van der Waals surface area contributed by atoms with Crippen LogP contribution in [0.25, 0.3) is 0 Å². The van der Waals surface area contributed by atoms with Gasteiger partial charge in [0.25, 0.3) is 0 Å². The Bertz CT molecular complexity index is 542. The van der Waals surface area contributed by atoms with E-state index in [1.807, 2.05) is 19.0 Å². The molecule has 0 saturated carbocycles. The Hall–Kier alpha value is -1.15. The normalized spacial score (nSPS) is 10.8. The van der Waals surface area contributed by atoms with Gasteiger partial charge in [-0.15, -0.1) is 10.2 Å². The lowest BCUT2D eigenvalue weighted by Crippen LogP contribution is -2.18. The van der Waals surface area contributed by atoms with Crippen molar-refractivity contribution in [1.82, 2.24) is 15.5 Å². The van der Waals surface area contributed by atoms with Crippen LogP contribution < -0.4 is 10.2 Å². The number of nitrogens with one attached hydrogen (secondary N) is 1. The molecule has 0 aliphatic heterocycles. The van der Waals surface area contributed by atoms with Crippen LogP contribution in [0, 0.1) is 0 Å². The molecule has 0 unspecified atom stereocenters. The van der Waals surface area contributed by atoms with Gasteiger partial charge in [-0.25, -0.2) is 0 Å². The maximum absolute atomic E-state index is 5.00. The predicted molar refractivity (Wildman–Crippen MR) is 88.4 cm³/mol. The van der Waals surface area contributed by atoms with Crippen molar-refractivity contribution >= 4 is 28.2 Å². The average molecular weight is 324 g/mol. The molecule has 0 fully saturated rings. The maximum atomic E-state index is 5.00. The lowest BCUT2D eigenvalue weighted by molar-refractivity contribution is 0.199. The van der Waals surface area contributed by atoms with Crippen LogP contribution in [-0.4, -0.2) is 44.6 Å². The monoisotopic (exact) mass is 324 g/mol. The summed E-state index contributed by atoms with van der Waals surface area (Å²) in [6, 6.07) is 8.51.